The second-order valence-electron chi connectivity index (χ2n) is 9.36. The number of benzene rings is 1. The summed E-state index contributed by atoms with van der Waals surface area (Å²) in [7, 11) is -3.24. The van der Waals surface area contributed by atoms with E-state index in [1.807, 2.05) is 6.07 Å². The van der Waals surface area contributed by atoms with Crippen LogP contribution in [0, 0.1) is 0 Å². The van der Waals surface area contributed by atoms with Gasteiger partial charge in [-0.3, -0.25) is 13.5 Å². The molecular formula is C26H31N5O6S3. The molecule has 0 spiro atoms. The molecule has 40 heavy (non-hydrogen) atoms. The fraction of sp³-hybridized carbons (Fsp3) is 0.423. The summed E-state index contributed by atoms with van der Waals surface area (Å²) in [5, 5.41) is 1.75. The lowest BCUT2D eigenvalue weighted by Crippen LogP contribution is -2.41. The lowest BCUT2D eigenvalue weighted by atomic mass is 10.2. The molecule has 5 rings (SSSR count). The maximum atomic E-state index is 13.4. The van der Waals surface area contributed by atoms with Crippen LogP contribution in [0.2, 0.25) is 0 Å². The molecule has 1 saturated heterocycles. The van der Waals surface area contributed by atoms with Crippen molar-refractivity contribution in [2.45, 2.75) is 17.2 Å². The molecule has 11 nitrogen and oxygen atoms in total. The van der Waals surface area contributed by atoms with Crippen LogP contribution in [0.4, 0.5) is 5.69 Å². The summed E-state index contributed by atoms with van der Waals surface area (Å²) < 4.78 is 50.4. The Kier molecular flexibility index (Phi) is 8.78. The Balaban J connectivity index is 1.43. The molecule has 0 saturated carbocycles. The van der Waals surface area contributed by atoms with Crippen LogP contribution in [0.1, 0.15) is 12.6 Å². The van der Waals surface area contributed by atoms with Crippen molar-refractivity contribution in [2.24, 2.45) is 4.99 Å². The molecule has 14 heteroatoms. The Bertz CT molecular complexity index is 1530. The van der Waals surface area contributed by atoms with Gasteiger partial charge in [0.05, 0.1) is 30.0 Å². The molecule has 2 aliphatic heterocycles. The van der Waals surface area contributed by atoms with Gasteiger partial charge >= 0.3 is 5.97 Å². The van der Waals surface area contributed by atoms with Gasteiger partial charge in [0.1, 0.15) is 10.8 Å². The summed E-state index contributed by atoms with van der Waals surface area (Å²) in [6.45, 7) is 4.85. The number of carbonyl (C=O) groups is 1. The average molecular weight is 606 g/mol. The molecule has 1 atom stereocenters. The summed E-state index contributed by atoms with van der Waals surface area (Å²) in [6, 6.07) is 9.95. The standard InChI is InChI=1S/C26H31N5O6S3/c1-3-36-24(32)17-37-19-12-18-13-21(26-28-15-20(38-26)16-31-8-10-39(33)11-9-31)29-25(18)22(14-19)30(2)40(34,35)23-6-4-5-7-27-23/h4-7,12-14,20,29H,3,8-11,15-17H2,1-2H3. The third-order valence-electron chi connectivity index (χ3n) is 6.62. The number of nitrogens with zero attached hydrogens (tertiary/aromatic N) is 4. The van der Waals surface area contributed by atoms with Crippen LogP contribution < -0.4 is 9.04 Å². The Morgan fingerprint density at radius 1 is 1.25 bits per heavy atom. The molecule has 0 amide bonds. The van der Waals surface area contributed by atoms with Gasteiger partial charge in [0.2, 0.25) is 0 Å². The minimum Gasteiger partial charge on any atom is -0.482 e. The number of pyridine rings is 1. The van der Waals surface area contributed by atoms with Crippen LogP contribution >= 0.6 is 11.8 Å². The van der Waals surface area contributed by atoms with E-state index in [0.29, 0.717) is 40.4 Å². The van der Waals surface area contributed by atoms with Crippen LogP contribution in [0.15, 0.2) is 52.6 Å². The number of aromatic amines is 1. The van der Waals surface area contributed by atoms with Crippen LogP contribution in [-0.2, 0) is 30.4 Å². The zero-order valence-corrected chi connectivity index (χ0v) is 24.7. The lowest BCUT2D eigenvalue weighted by Gasteiger charge is -2.27. The van der Waals surface area contributed by atoms with E-state index < -0.39 is 26.8 Å². The second-order valence-corrected chi connectivity index (χ2v) is 14.3. The van der Waals surface area contributed by atoms with Gasteiger partial charge in [-0.2, -0.15) is 8.42 Å². The smallest absolute Gasteiger partial charge is 0.344 e. The number of hydrogen-bond donors (Lipinski definition) is 1. The first kappa shape index (κ1) is 28.6. The molecular weight excluding hydrogens is 575 g/mol. The van der Waals surface area contributed by atoms with Gasteiger partial charge in [-0.15, -0.1) is 0 Å². The van der Waals surface area contributed by atoms with Crippen molar-refractivity contribution < 1.29 is 26.9 Å². The van der Waals surface area contributed by atoms with Crippen molar-refractivity contribution in [3.05, 3.63) is 48.3 Å². The van der Waals surface area contributed by atoms with E-state index in [1.165, 1.54) is 19.3 Å². The second kappa shape index (κ2) is 12.3. The van der Waals surface area contributed by atoms with E-state index in [4.69, 9.17) is 14.5 Å². The van der Waals surface area contributed by atoms with Gasteiger partial charge in [-0.25, -0.2) is 9.78 Å². The summed E-state index contributed by atoms with van der Waals surface area (Å²) in [5.41, 5.74) is 1.70. The number of H-pyrrole nitrogens is 1. The largest absolute Gasteiger partial charge is 0.482 e. The summed E-state index contributed by atoms with van der Waals surface area (Å²) in [4.78, 5) is 26.4. The molecule has 1 unspecified atom stereocenters. The fourth-order valence-corrected chi connectivity index (χ4v) is 7.96. The third kappa shape index (κ3) is 6.35. The number of nitrogens with one attached hydrogen (secondary N) is 1. The lowest BCUT2D eigenvalue weighted by molar-refractivity contribution is -0.145. The minimum absolute atomic E-state index is 0.0876. The molecule has 3 aromatic rings. The predicted octanol–water partition coefficient (Wildman–Crippen LogP) is 2.26. The molecule has 0 aliphatic carbocycles. The first-order valence-corrected chi connectivity index (χ1v) is 16.7. The minimum atomic E-state index is -3.99. The van der Waals surface area contributed by atoms with Crippen LogP contribution in [0.25, 0.3) is 10.9 Å². The van der Waals surface area contributed by atoms with E-state index in [9.17, 15) is 17.4 Å². The number of hydrogen-bond acceptors (Lipinski definition) is 10. The average Bonchev–Trinajstić information content (AvgIpc) is 3.60. The maximum Gasteiger partial charge on any atom is 0.344 e. The summed E-state index contributed by atoms with van der Waals surface area (Å²) >= 11 is 1.68. The number of ether oxygens (including phenoxy) is 2. The Labute approximate surface area is 239 Å². The normalized spacial score (nSPS) is 18.6. The van der Waals surface area contributed by atoms with Gasteiger partial charge in [0.15, 0.2) is 11.6 Å². The predicted molar refractivity (Wildman–Crippen MR) is 157 cm³/mol. The number of thioether (sulfide) groups is 1. The van der Waals surface area contributed by atoms with Crippen molar-refractivity contribution >= 4 is 60.2 Å². The van der Waals surface area contributed by atoms with Gasteiger partial charge < -0.3 is 19.4 Å². The maximum absolute atomic E-state index is 13.4. The third-order valence-corrected chi connectivity index (χ3v) is 10.8. The number of aliphatic imine (C=N–C) groups is 1. The monoisotopic (exact) mass is 605 g/mol. The van der Waals surface area contributed by atoms with E-state index in [2.05, 4.69) is 14.9 Å². The molecule has 214 valence electrons. The number of sulfonamides is 1. The number of esters is 1. The quantitative estimate of drug-likeness (QED) is 0.345. The molecule has 1 aromatic carbocycles. The highest BCUT2D eigenvalue weighted by Gasteiger charge is 2.28. The molecule has 0 bridgehead atoms. The van der Waals surface area contributed by atoms with Gasteiger partial charge in [0, 0.05) is 71.9 Å². The van der Waals surface area contributed by atoms with E-state index >= 15 is 0 Å². The van der Waals surface area contributed by atoms with Crippen molar-refractivity contribution in [3.8, 4) is 5.75 Å². The summed E-state index contributed by atoms with van der Waals surface area (Å²) in [5.74, 6) is 1.23. The van der Waals surface area contributed by atoms with E-state index in [1.54, 1.807) is 43.0 Å². The van der Waals surface area contributed by atoms with Gasteiger partial charge in [0.25, 0.3) is 10.0 Å². The zero-order chi connectivity index (χ0) is 28.3. The molecule has 1 fully saturated rings. The highest BCUT2D eigenvalue weighted by Crippen LogP contribution is 2.36. The first-order chi connectivity index (χ1) is 19.2. The highest BCUT2D eigenvalue weighted by atomic mass is 32.2. The number of fused-ring (bicyclic) bond motifs is 1. The SMILES string of the molecule is CCOC(=O)COc1cc(N(C)S(=O)(=O)c2ccccn2)c2[nH]c(C3=NCC(CN4CCS(=O)CC4)S3)cc2c1. The van der Waals surface area contributed by atoms with Gasteiger partial charge in [-0.1, -0.05) is 17.8 Å². The number of carbonyl (C=O) groups excluding carboxylic acids is 1. The summed E-state index contributed by atoms with van der Waals surface area (Å²) in [6.07, 6.45) is 1.43. The molecule has 2 aromatic heterocycles. The fourth-order valence-electron chi connectivity index (χ4n) is 4.57. The Hall–Kier alpha value is -2.94. The zero-order valence-electron chi connectivity index (χ0n) is 22.2. The molecule has 2 aliphatic rings. The van der Waals surface area contributed by atoms with Crippen molar-refractivity contribution in [2.75, 3.05) is 62.3 Å². The van der Waals surface area contributed by atoms with Crippen LogP contribution in [0.5, 0.6) is 5.75 Å². The molecule has 4 heterocycles. The number of aromatic nitrogens is 2. The number of rotatable bonds is 10. The highest BCUT2D eigenvalue weighted by molar-refractivity contribution is 8.15. The molecule has 0 radical (unpaired) electrons. The Morgan fingerprint density at radius 3 is 2.77 bits per heavy atom. The van der Waals surface area contributed by atoms with Gasteiger partial charge in [-0.05, 0) is 31.2 Å². The number of anilines is 1. The first-order valence-electron chi connectivity index (χ1n) is 12.9. The Morgan fingerprint density at radius 2 is 2.05 bits per heavy atom. The van der Waals surface area contributed by atoms with Crippen molar-refractivity contribution in [1.82, 2.24) is 14.9 Å². The molecule has 1 N–H and O–H groups in total. The van der Waals surface area contributed by atoms with Crippen LogP contribution in [-0.4, -0.2) is 102 Å². The van der Waals surface area contributed by atoms with Crippen molar-refractivity contribution in [3.63, 3.8) is 0 Å². The van der Waals surface area contributed by atoms with E-state index in [0.717, 1.165) is 34.7 Å². The topological polar surface area (TPSA) is 134 Å². The van der Waals surface area contributed by atoms with Crippen molar-refractivity contribution in [1.29, 1.82) is 0 Å². The van der Waals surface area contributed by atoms with Crippen LogP contribution in [0.3, 0.4) is 0 Å². The van der Waals surface area contributed by atoms with E-state index in [-0.39, 0.29) is 23.5 Å².